The van der Waals surface area contributed by atoms with Crippen LogP contribution in [0.3, 0.4) is 0 Å². The summed E-state index contributed by atoms with van der Waals surface area (Å²) in [4.78, 5) is 36.4. The van der Waals surface area contributed by atoms with Gasteiger partial charge >= 0.3 is 5.91 Å². The van der Waals surface area contributed by atoms with Crippen LogP contribution in [-0.2, 0) is 26.5 Å². The van der Waals surface area contributed by atoms with Gasteiger partial charge in [-0.3, -0.25) is 19.3 Å². The molecule has 2 aliphatic rings. The van der Waals surface area contributed by atoms with Crippen LogP contribution in [-0.4, -0.2) is 64.6 Å². The number of likely N-dealkylation sites (tertiary alicyclic amines) is 1. The van der Waals surface area contributed by atoms with E-state index in [1.165, 1.54) is 17.9 Å². The molecule has 0 radical (unpaired) electrons. The Bertz CT molecular complexity index is 1400. The van der Waals surface area contributed by atoms with Gasteiger partial charge in [0.15, 0.2) is 0 Å². The van der Waals surface area contributed by atoms with E-state index in [2.05, 4.69) is 23.5 Å². The number of rotatable bonds is 9. The molecule has 39 heavy (non-hydrogen) atoms. The Morgan fingerprint density at radius 2 is 1.90 bits per heavy atom. The molecule has 1 aromatic heterocycles. The Labute approximate surface area is 227 Å². The number of hydrogen-bond acceptors (Lipinski definition) is 6. The predicted octanol–water partition coefficient (Wildman–Crippen LogP) is 3.68. The summed E-state index contributed by atoms with van der Waals surface area (Å²) in [5, 5.41) is 4.72. The van der Waals surface area contributed by atoms with Crippen LogP contribution in [0.15, 0.2) is 90.8 Å². The standard InChI is InChI=1S/C30H32FN5O3/c1-34-17-9-15-27(34)23-12-8-18-35(21-23)30(28(37)29(38)33-39-2,20-22-10-4-3-5-11-22)36-19-16-26(32-36)24-13-6-7-14-25(24)31/h3-8,10-14,16,19,21,27H,9,15,17-18,20H2,1-2H3,(H,33,38)/t27?,30-/m0/s1. The van der Waals surface area contributed by atoms with E-state index in [9.17, 15) is 14.0 Å². The summed E-state index contributed by atoms with van der Waals surface area (Å²) in [5.74, 6) is -2.08. The molecule has 2 aliphatic heterocycles. The molecule has 1 N–H and O–H groups in total. The maximum absolute atomic E-state index is 14.7. The number of benzene rings is 2. The molecule has 1 saturated heterocycles. The zero-order valence-corrected chi connectivity index (χ0v) is 22.1. The Hall–Kier alpha value is -4.08. The van der Waals surface area contributed by atoms with Crippen LogP contribution >= 0.6 is 0 Å². The number of Topliss-reactive ketones (excluding diaryl/α,β-unsaturated/α-hetero) is 1. The van der Waals surface area contributed by atoms with Gasteiger partial charge in [0, 0.05) is 37.0 Å². The van der Waals surface area contributed by atoms with E-state index >= 15 is 0 Å². The molecule has 1 amide bonds. The quantitative estimate of drug-likeness (QED) is 0.337. The van der Waals surface area contributed by atoms with Crippen molar-refractivity contribution in [3.8, 4) is 11.3 Å². The fourth-order valence-electron chi connectivity index (χ4n) is 5.54. The molecule has 2 atom stereocenters. The van der Waals surface area contributed by atoms with Crippen molar-refractivity contribution in [1.29, 1.82) is 0 Å². The number of nitrogens with one attached hydrogen (secondary N) is 1. The van der Waals surface area contributed by atoms with Gasteiger partial charge in [-0.15, -0.1) is 0 Å². The first-order chi connectivity index (χ1) is 18.9. The van der Waals surface area contributed by atoms with Crippen molar-refractivity contribution in [1.82, 2.24) is 25.1 Å². The molecule has 0 saturated carbocycles. The SMILES string of the molecule is CONC(=O)C(=O)[C@@](Cc1ccccc1)(N1C=C(C2CCCN2C)C=CC1)n1ccc(-c2ccccc2F)n1. The molecule has 0 spiro atoms. The number of hydrogen-bond donors (Lipinski definition) is 1. The fourth-order valence-corrected chi connectivity index (χ4v) is 5.54. The molecule has 0 bridgehead atoms. The number of carbonyl (C=O) groups is 2. The van der Waals surface area contributed by atoms with Gasteiger partial charge in [0.2, 0.25) is 5.66 Å². The highest BCUT2D eigenvalue weighted by Gasteiger charge is 2.49. The van der Waals surface area contributed by atoms with Crippen LogP contribution in [0, 0.1) is 5.82 Å². The van der Waals surface area contributed by atoms with Crippen molar-refractivity contribution in [3.05, 3.63) is 102 Å². The third-order valence-corrected chi connectivity index (χ3v) is 7.47. The number of nitrogens with zero attached hydrogens (tertiary/aromatic N) is 4. The van der Waals surface area contributed by atoms with Crippen LogP contribution in [0.25, 0.3) is 11.3 Å². The molecule has 8 nitrogen and oxygen atoms in total. The second kappa shape index (κ2) is 11.3. The summed E-state index contributed by atoms with van der Waals surface area (Å²) >= 11 is 0. The van der Waals surface area contributed by atoms with E-state index in [0.717, 1.165) is 30.5 Å². The van der Waals surface area contributed by atoms with Crippen LogP contribution < -0.4 is 5.48 Å². The Balaban J connectivity index is 1.69. The number of likely N-dealkylation sites (N-methyl/N-ethyl adjacent to an activating group) is 1. The Morgan fingerprint density at radius 3 is 2.62 bits per heavy atom. The third-order valence-electron chi connectivity index (χ3n) is 7.47. The van der Waals surface area contributed by atoms with E-state index in [1.807, 2.05) is 47.5 Å². The van der Waals surface area contributed by atoms with Crippen molar-refractivity contribution in [3.63, 3.8) is 0 Å². The minimum atomic E-state index is -1.60. The van der Waals surface area contributed by atoms with E-state index in [0.29, 0.717) is 17.8 Å². The number of amides is 1. The van der Waals surface area contributed by atoms with Gasteiger partial charge < -0.3 is 4.90 Å². The number of carbonyl (C=O) groups excluding carboxylic acids is 2. The monoisotopic (exact) mass is 529 g/mol. The zero-order chi connectivity index (χ0) is 27.4. The lowest BCUT2D eigenvalue weighted by Gasteiger charge is -2.43. The second-order valence-electron chi connectivity index (χ2n) is 9.89. The first-order valence-electron chi connectivity index (χ1n) is 13.0. The van der Waals surface area contributed by atoms with Crippen molar-refractivity contribution in [2.45, 2.75) is 31.0 Å². The van der Waals surface area contributed by atoms with E-state index in [1.54, 1.807) is 30.5 Å². The van der Waals surface area contributed by atoms with Crippen LogP contribution in [0.4, 0.5) is 4.39 Å². The highest BCUT2D eigenvalue weighted by Crippen LogP contribution is 2.34. The third kappa shape index (κ3) is 5.15. The lowest BCUT2D eigenvalue weighted by atomic mass is 9.91. The van der Waals surface area contributed by atoms with Crippen molar-refractivity contribution in [2.75, 3.05) is 27.2 Å². The molecule has 1 unspecified atom stereocenters. The maximum atomic E-state index is 14.7. The number of ketones is 1. The zero-order valence-electron chi connectivity index (χ0n) is 22.1. The van der Waals surface area contributed by atoms with Gasteiger partial charge in [0.05, 0.1) is 12.8 Å². The molecule has 3 heterocycles. The molecule has 1 fully saturated rings. The lowest BCUT2D eigenvalue weighted by Crippen LogP contribution is -2.60. The normalized spacial score (nSPS) is 19.0. The van der Waals surface area contributed by atoms with E-state index in [-0.39, 0.29) is 12.5 Å². The van der Waals surface area contributed by atoms with Gasteiger partial charge in [-0.1, -0.05) is 54.6 Å². The van der Waals surface area contributed by atoms with Gasteiger partial charge in [-0.25, -0.2) is 14.6 Å². The summed E-state index contributed by atoms with van der Waals surface area (Å²) < 4.78 is 16.2. The topological polar surface area (TPSA) is 79.7 Å². The highest BCUT2D eigenvalue weighted by molar-refractivity contribution is 6.38. The van der Waals surface area contributed by atoms with E-state index < -0.39 is 23.2 Å². The summed E-state index contributed by atoms with van der Waals surface area (Å²) in [5.41, 5.74) is 3.16. The minimum absolute atomic E-state index is 0.139. The smallest absolute Gasteiger partial charge is 0.315 e. The molecule has 0 aliphatic carbocycles. The van der Waals surface area contributed by atoms with Crippen molar-refractivity contribution in [2.24, 2.45) is 0 Å². The molecular formula is C30H32FN5O3. The van der Waals surface area contributed by atoms with Crippen LogP contribution in [0.2, 0.25) is 0 Å². The summed E-state index contributed by atoms with van der Waals surface area (Å²) in [6, 6.07) is 17.7. The largest absolute Gasteiger partial charge is 0.343 e. The summed E-state index contributed by atoms with van der Waals surface area (Å²) in [6.45, 7) is 1.36. The molecule has 3 aromatic rings. The average Bonchev–Trinajstić information content (AvgIpc) is 3.62. The first kappa shape index (κ1) is 26.5. The highest BCUT2D eigenvalue weighted by atomic mass is 19.1. The Kier molecular flexibility index (Phi) is 7.72. The lowest BCUT2D eigenvalue weighted by molar-refractivity contribution is -0.154. The fraction of sp³-hybridized carbons (Fsp3) is 0.300. The second-order valence-corrected chi connectivity index (χ2v) is 9.89. The molecule has 9 heteroatoms. The number of aromatic nitrogens is 2. The van der Waals surface area contributed by atoms with Gasteiger partial charge in [0.25, 0.3) is 5.78 Å². The first-order valence-corrected chi connectivity index (χ1v) is 13.0. The van der Waals surface area contributed by atoms with Crippen LogP contribution in [0.5, 0.6) is 0 Å². The molecule has 2 aromatic carbocycles. The number of halogens is 1. The van der Waals surface area contributed by atoms with Crippen molar-refractivity contribution >= 4 is 11.7 Å². The van der Waals surface area contributed by atoms with Crippen molar-refractivity contribution < 1.29 is 18.8 Å². The minimum Gasteiger partial charge on any atom is -0.343 e. The maximum Gasteiger partial charge on any atom is 0.315 e. The molecule has 5 rings (SSSR count). The average molecular weight is 530 g/mol. The van der Waals surface area contributed by atoms with Gasteiger partial charge in [0.1, 0.15) is 5.82 Å². The van der Waals surface area contributed by atoms with Crippen LogP contribution in [0.1, 0.15) is 18.4 Å². The van der Waals surface area contributed by atoms with Gasteiger partial charge in [-0.05, 0) is 55.8 Å². The number of hydroxylamine groups is 1. The molecule has 202 valence electrons. The molecular weight excluding hydrogens is 497 g/mol. The Morgan fingerprint density at radius 1 is 1.13 bits per heavy atom. The van der Waals surface area contributed by atoms with Gasteiger partial charge in [-0.2, -0.15) is 5.10 Å². The van der Waals surface area contributed by atoms with E-state index in [4.69, 9.17) is 9.94 Å². The summed E-state index contributed by atoms with van der Waals surface area (Å²) in [6.07, 6.45) is 9.92. The predicted molar refractivity (Wildman–Crippen MR) is 145 cm³/mol. The summed E-state index contributed by atoms with van der Waals surface area (Å²) in [7, 11) is 3.37.